The Hall–Kier alpha value is -1.86. The van der Waals surface area contributed by atoms with E-state index in [0.29, 0.717) is 13.1 Å². The van der Waals surface area contributed by atoms with Gasteiger partial charge in [0.15, 0.2) is 0 Å². The van der Waals surface area contributed by atoms with Gasteiger partial charge in [0.25, 0.3) is 0 Å². The minimum absolute atomic E-state index is 0.194. The van der Waals surface area contributed by atoms with Gasteiger partial charge in [0, 0.05) is 31.4 Å². The number of anilines is 1. The van der Waals surface area contributed by atoms with Crippen LogP contribution in [0.4, 0.5) is 19.1 Å². The third-order valence-corrected chi connectivity index (χ3v) is 3.94. The monoisotopic (exact) mass is 302 g/mol. The molecule has 1 fully saturated rings. The second kappa shape index (κ2) is 5.87. The number of carbonyl (C=O) groups excluding carboxylic acids is 1. The lowest BCUT2D eigenvalue weighted by atomic mass is 9.85. The highest BCUT2D eigenvalue weighted by Crippen LogP contribution is 2.30. The Bertz CT molecular complexity index is 495. The Morgan fingerprint density at radius 2 is 1.86 bits per heavy atom. The number of hydrogen-bond donors (Lipinski definition) is 1. The van der Waals surface area contributed by atoms with Gasteiger partial charge in [-0.2, -0.15) is 13.2 Å². The van der Waals surface area contributed by atoms with Gasteiger partial charge < -0.3 is 10.6 Å². The molecule has 0 bridgehead atoms. The van der Waals surface area contributed by atoms with Crippen LogP contribution in [0.5, 0.6) is 0 Å². The number of rotatable bonds is 3. The lowest BCUT2D eigenvalue weighted by Gasteiger charge is -2.33. The molecule has 116 valence electrons. The number of nitrogens with two attached hydrogens (primary N) is 1. The van der Waals surface area contributed by atoms with Crippen molar-refractivity contribution in [2.75, 3.05) is 18.0 Å². The van der Waals surface area contributed by atoms with Crippen molar-refractivity contribution in [3.8, 4) is 0 Å². The number of amides is 1. The molecule has 0 aromatic carbocycles. The van der Waals surface area contributed by atoms with Crippen molar-refractivity contribution in [2.45, 2.75) is 25.9 Å². The molecule has 2 N–H and O–H groups in total. The predicted octanol–water partition coefficient (Wildman–Crippen LogP) is 1.83. The molecule has 1 unspecified atom stereocenters. The van der Waals surface area contributed by atoms with E-state index in [2.05, 4.69) is 9.97 Å². The fourth-order valence-corrected chi connectivity index (χ4v) is 2.46. The van der Waals surface area contributed by atoms with Crippen LogP contribution in [0.2, 0.25) is 0 Å². The molecule has 5 nitrogen and oxygen atoms in total. The third-order valence-electron chi connectivity index (χ3n) is 3.94. The zero-order chi connectivity index (χ0) is 15.6. The maximum absolute atomic E-state index is 12.4. The average molecular weight is 302 g/mol. The van der Waals surface area contributed by atoms with Gasteiger partial charge in [-0.1, -0.05) is 6.92 Å². The van der Waals surface area contributed by atoms with Crippen molar-refractivity contribution in [1.29, 1.82) is 0 Å². The molecule has 8 heteroatoms. The van der Waals surface area contributed by atoms with Crippen LogP contribution in [0.15, 0.2) is 12.4 Å². The van der Waals surface area contributed by atoms with Gasteiger partial charge in [0.05, 0.1) is 5.56 Å². The first kappa shape index (κ1) is 15.5. The summed E-state index contributed by atoms with van der Waals surface area (Å²) in [5.41, 5.74) is 4.43. The molecule has 1 aromatic heterocycles. The van der Waals surface area contributed by atoms with Crippen molar-refractivity contribution in [3.05, 3.63) is 18.0 Å². The van der Waals surface area contributed by atoms with E-state index in [4.69, 9.17) is 5.73 Å². The Balaban J connectivity index is 1.98. The summed E-state index contributed by atoms with van der Waals surface area (Å²) >= 11 is 0. The number of piperidine rings is 1. The quantitative estimate of drug-likeness (QED) is 0.924. The molecule has 0 spiro atoms. The maximum atomic E-state index is 12.4. The molecule has 1 aromatic rings. The van der Waals surface area contributed by atoms with Gasteiger partial charge in [-0.25, -0.2) is 9.97 Å². The van der Waals surface area contributed by atoms with Crippen LogP contribution in [0.1, 0.15) is 25.3 Å². The number of hydrogen-bond acceptors (Lipinski definition) is 4. The third kappa shape index (κ3) is 3.62. The highest BCUT2D eigenvalue weighted by Gasteiger charge is 2.32. The minimum Gasteiger partial charge on any atom is -0.369 e. The molecule has 2 rings (SSSR count). The van der Waals surface area contributed by atoms with Crippen molar-refractivity contribution < 1.29 is 18.0 Å². The second-order valence-electron chi connectivity index (χ2n) is 5.29. The smallest absolute Gasteiger partial charge is 0.369 e. The highest BCUT2D eigenvalue weighted by atomic mass is 19.4. The number of alkyl halides is 3. The molecule has 0 saturated carbocycles. The first-order valence-electron chi connectivity index (χ1n) is 6.72. The summed E-state index contributed by atoms with van der Waals surface area (Å²) in [6, 6.07) is 0. The molecule has 1 aliphatic heterocycles. The number of carbonyl (C=O) groups is 1. The summed E-state index contributed by atoms with van der Waals surface area (Å²) in [4.78, 5) is 20.5. The van der Waals surface area contributed by atoms with Crippen LogP contribution in [0, 0.1) is 11.8 Å². The summed E-state index contributed by atoms with van der Waals surface area (Å²) in [5, 5.41) is 0. The summed E-state index contributed by atoms with van der Waals surface area (Å²) in [6.45, 7) is 3.01. The van der Waals surface area contributed by atoms with Gasteiger partial charge in [0.1, 0.15) is 0 Å². The highest BCUT2D eigenvalue weighted by molar-refractivity contribution is 5.76. The van der Waals surface area contributed by atoms with Crippen LogP contribution in [-0.4, -0.2) is 29.0 Å². The van der Waals surface area contributed by atoms with Gasteiger partial charge in [-0.15, -0.1) is 0 Å². The Kier molecular flexibility index (Phi) is 4.34. The molecular weight excluding hydrogens is 285 g/mol. The number of nitrogens with zero attached hydrogens (tertiary/aromatic N) is 3. The topological polar surface area (TPSA) is 72.1 Å². The average Bonchev–Trinajstić information content (AvgIpc) is 2.46. The second-order valence-corrected chi connectivity index (χ2v) is 5.29. The first-order chi connectivity index (χ1) is 9.79. The molecule has 0 aliphatic carbocycles. The summed E-state index contributed by atoms with van der Waals surface area (Å²) in [6.07, 6.45) is -1.35. The van der Waals surface area contributed by atoms with Crippen molar-refractivity contribution >= 4 is 11.9 Å². The van der Waals surface area contributed by atoms with E-state index in [1.54, 1.807) is 6.92 Å². The van der Waals surface area contributed by atoms with Crippen LogP contribution >= 0.6 is 0 Å². The van der Waals surface area contributed by atoms with Crippen molar-refractivity contribution in [2.24, 2.45) is 17.6 Å². The Labute approximate surface area is 120 Å². The van der Waals surface area contributed by atoms with Gasteiger partial charge in [-0.3, -0.25) is 4.79 Å². The van der Waals surface area contributed by atoms with E-state index in [-0.39, 0.29) is 23.7 Å². The maximum Gasteiger partial charge on any atom is 0.419 e. The van der Waals surface area contributed by atoms with Crippen LogP contribution in [0.3, 0.4) is 0 Å². The van der Waals surface area contributed by atoms with Gasteiger partial charge in [-0.05, 0) is 18.8 Å². The lowest BCUT2D eigenvalue weighted by Crippen LogP contribution is -2.39. The van der Waals surface area contributed by atoms with Gasteiger partial charge >= 0.3 is 6.18 Å². The van der Waals surface area contributed by atoms with Crippen molar-refractivity contribution in [3.63, 3.8) is 0 Å². The number of primary amides is 1. The SMILES string of the molecule is CC(C(N)=O)C1CCN(c2ncc(C(F)(F)F)cn2)CC1. The summed E-state index contributed by atoms with van der Waals surface area (Å²) < 4.78 is 37.3. The molecule has 1 atom stereocenters. The van der Waals surface area contributed by atoms with Gasteiger partial charge in [0.2, 0.25) is 11.9 Å². The number of halogens is 3. The fourth-order valence-electron chi connectivity index (χ4n) is 2.46. The van der Waals surface area contributed by atoms with E-state index in [1.807, 2.05) is 4.90 Å². The van der Waals surface area contributed by atoms with Crippen LogP contribution in [0.25, 0.3) is 0 Å². The molecular formula is C13H17F3N4O. The first-order valence-corrected chi connectivity index (χ1v) is 6.72. The predicted molar refractivity (Wildman–Crippen MR) is 70.3 cm³/mol. The molecule has 1 saturated heterocycles. The molecule has 21 heavy (non-hydrogen) atoms. The van der Waals surface area contributed by atoms with Crippen LogP contribution in [-0.2, 0) is 11.0 Å². The summed E-state index contributed by atoms with van der Waals surface area (Å²) in [5.74, 6) is -0.0266. The van der Waals surface area contributed by atoms with E-state index >= 15 is 0 Å². The lowest BCUT2D eigenvalue weighted by molar-refractivity contribution is -0.138. The van der Waals surface area contributed by atoms with Crippen molar-refractivity contribution in [1.82, 2.24) is 9.97 Å². The van der Waals surface area contributed by atoms with E-state index in [9.17, 15) is 18.0 Å². The summed E-state index contributed by atoms with van der Waals surface area (Å²) in [7, 11) is 0. The van der Waals surface area contributed by atoms with E-state index in [0.717, 1.165) is 25.2 Å². The standard InChI is InChI=1S/C13H17F3N4O/c1-8(11(17)21)9-2-4-20(5-3-9)12-18-6-10(7-19-12)13(14,15)16/h6-9H,2-5H2,1H3,(H2,17,21). The van der Waals surface area contributed by atoms with E-state index in [1.165, 1.54) is 0 Å². The Morgan fingerprint density at radius 3 is 2.29 bits per heavy atom. The molecule has 1 amide bonds. The molecule has 0 radical (unpaired) electrons. The zero-order valence-electron chi connectivity index (χ0n) is 11.6. The minimum atomic E-state index is -4.43. The molecule has 1 aliphatic rings. The normalized spacial score (nSPS) is 18.6. The largest absolute Gasteiger partial charge is 0.419 e. The fraction of sp³-hybridized carbons (Fsp3) is 0.615. The van der Waals surface area contributed by atoms with E-state index < -0.39 is 11.7 Å². The van der Waals surface area contributed by atoms with Crippen LogP contribution < -0.4 is 10.6 Å². The number of aromatic nitrogens is 2. The molecule has 2 heterocycles. The Morgan fingerprint density at radius 1 is 1.33 bits per heavy atom. The zero-order valence-corrected chi connectivity index (χ0v) is 11.6.